The van der Waals surface area contributed by atoms with Crippen LogP contribution in [0.4, 0.5) is 0 Å². The van der Waals surface area contributed by atoms with Crippen LogP contribution in [0.15, 0.2) is 72.9 Å². The summed E-state index contributed by atoms with van der Waals surface area (Å²) in [5, 5.41) is 11.7. The molecule has 0 saturated heterocycles. The van der Waals surface area contributed by atoms with Crippen LogP contribution in [0.5, 0.6) is 0 Å². The summed E-state index contributed by atoms with van der Waals surface area (Å²) in [6.07, 6.45) is 66.5. The average molecular weight is 967 g/mol. The minimum absolute atomic E-state index is 0.0325. The van der Waals surface area contributed by atoms with E-state index in [9.17, 15) is 19.5 Å². The van der Waals surface area contributed by atoms with Gasteiger partial charge in [-0.05, 0) is 83.5 Å². The van der Waals surface area contributed by atoms with E-state index >= 15 is 0 Å². The summed E-state index contributed by atoms with van der Waals surface area (Å²) in [6, 6.07) is -0.733. The van der Waals surface area contributed by atoms with Gasteiger partial charge in [0.15, 0.2) is 6.10 Å². The van der Waals surface area contributed by atoms with Crippen LogP contribution in [0, 0.1) is 0 Å². The lowest BCUT2D eigenvalue weighted by Gasteiger charge is -2.34. The number of hydrogen-bond donors (Lipinski definition) is 0. The molecule has 0 spiro atoms. The van der Waals surface area contributed by atoms with Crippen LogP contribution in [0.3, 0.4) is 0 Å². The number of aliphatic carboxylic acids is 1. The van der Waals surface area contributed by atoms with E-state index in [1.165, 1.54) is 128 Å². The zero-order chi connectivity index (χ0) is 50.6. The minimum atomic E-state index is -1.13. The molecule has 8 nitrogen and oxygen atoms in total. The number of allylic oxidation sites excluding steroid dienone is 12. The Bertz CT molecular complexity index is 1360. The summed E-state index contributed by atoms with van der Waals surface area (Å²) in [7, 11) is 5.41. The van der Waals surface area contributed by atoms with Crippen LogP contribution in [-0.4, -0.2) is 75.5 Å². The fourth-order valence-electron chi connectivity index (χ4n) is 8.21. The maximum atomic E-state index is 12.8. The standard InChI is InChI=1S/C61H107NO7/c1-6-8-10-12-14-16-18-20-22-24-26-28-30-32-34-36-38-40-42-44-46-48-50-52-60(64)69-57(55-67-54-53-58(61(65)66)62(3,4)5)56-68-59(63)51-49-47-45-43-41-39-37-35-33-31-29-27-25-23-21-19-17-15-13-11-9-7-2/h8,10,14,16,20,22,26,28,31-34,57-58H,6-7,9,11-13,15,17-19,21,23-25,27,29-30,35-56H2,1-5H3/b10-8+,16-14+,22-20+,28-26+,33-31+,34-32+. The van der Waals surface area contributed by atoms with Crippen molar-refractivity contribution in [3.63, 3.8) is 0 Å². The van der Waals surface area contributed by atoms with Gasteiger partial charge in [0.1, 0.15) is 12.6 Å². The normalized spacial score (nSPS) is 13.3. The van der Waals surface area contributed by atoms with Crippen LogP contribution in [0.2, 0.25) is 0 Å². The Kier molecular flexibility index (Phi) is 48.7. The van der Waals surface area contributed by atoms with Gasteiger partial charge in [0, 0.05) is 19.3 Å². The van der Waals surface area contributed by atoms with Crippen LogP contribution in [-0.2, 0) is 28.6 Å². The molecule has 2 unspecified atom stereocenters. The highest BCUT2D eigenvalue weighted by atomic mass is 16.6. The van der Waals surface area contributed by atoms with Crippen molar-refractivity contribution in [1.29, 1.82) is 0 Å². The van der Waals surface area contributed by atoms with Gasteiger partial charge in [-0.2, -0.15) is 0 Å². The number of carboxylic acids is 1. The first-order chi connectivity index (χ1) is 33.6. The number of quaternary nitrogens is 1. The van der Waals surface area contributed by atoms with Gasteiger partial charge in [-0.25, -0.2) is 0 Å². The maximum Gasteiger partial charge on any atom is 0.306 e. The topological polar surface area (TPSA) is 102 Å². The number of likely N-dealkylation sites (N-methyl/N-ethyl adjacent to an activating group) is 1. The molecular weight excluding hydrogens is 859 g/mol. The zero-order valence-corrected chi connectivity index (χ0v) is 45.5. The number of carboxylic acid groups (broad SMARTS) is 1. The van der Waals surface area contributed by atoms with Gasteiger partial charge >= 0.3 is 11.9 Å². The lowest BCUT2D eigenvalue weighted by molar-refractivity contribution is -0.889. The van der Waals surface area contributed by atoms with Gasteiger partial charge in [-0.15, -0.1) is 0 Å². The van der Waals surface area contributed by atoms with Gasteiger partial charge in [0.2, 0.25) is 0 Å². The van der Waals surface area contributed by atoms with Crippen LogP contribution in [0.1, 0.15) is 245 Å². The Morgan fingerprint density at radius 1 is 0.449 bits per heavy atom. The van der Waals surface area contributed by atoms with Crippen molar-refractivity contribution in [2.75, 3.05) is 41.0 Å². The van der Waals surface area contributed by atoms with Crippen molar-refractivity contribution in [3.05, 3.63) is 72.9 Å². The molecule has 0 amide bonds. The molecule has 0 saturated carbocycles. The van der Waals surface area contributed by atoms with E-state index < -0.39 is 18.1 Å². The number of rotatable bonds is 51. The SMILES string of the molecule is CC/C=C/C/C=C/C/C=C/C/C=C/C/C=C/CCCCCCCCCC(=O)OC(COCCC(C(=O)[O-])[N+](C)(C)C)COC(=O)CCCCCCCCC/C=C/CCCCCCCCCCCCC. The lowest BCUT2D eigenvalue weighted by Crippen LogP contribution is -2.55. The molecule has 0 aliphatic carbocycles. The fraction of sp³-hybridized carbons (Fsp3) is 0.754. The van der Waals surface area contributed by atoms with E-state index in [1.54, 1.807) is 21.1 Å². The number of carbonyl (C=O) groups excluding carboxylic acids is 3. The molecular formula is C61H107NO7. The van der Waals surface area contributed by atoms with Crippen molar-refractivity contribution in [2.24, 2.45) is 0 Å². The minimum Gasteiger partial charge on any atom is -0.544 e. The first-order valence-corrected chi connectivity index (χ1v) is 28.5. The van der Waals surface area contributed by atoms with Gasteiger partial charge < -0.3 is 28.6 Å². The number of esters is 2. The number of ether oxygens (including phenoxy) is 3. The largest absolute Gasteiger partial charge is 0.544 e. The first-order valence-electron chi connectivity index (χ1n) is 28.5. The smallest absolute Gasteiger partial charge is 0.306 e. The van der Waals surface area contributed by atoms with Gasteiger partial charge in [-0.3, -0.25) is 9.59 Å². The van der Waals surface area contributed by atoms with Crippen molar-refractivity contribution in [3.8, 4) is 0 Å². The molecule has 0 bridgehead atoms. The highest BCUT2D eigenvalue weighted by molar-refractivity contribution is 5.70. The van der Waals surface area contributed by atoms with E-state index in [4.69, 9.17) is 14.2 Å². The molecule has 0 fully saturated rings. The van der Waals surface area contributed by atoms with Gasteiger partial charge in [0.05, 0.1) is 40.3 Å². The second-order valence-corrected chi connectivity index (χ2v) is 20.1. The number of unbranched alkanes of at least 4 members (excludes halogenated alkanes) is 25. The Morgan fingerprint density at radius 3 is 1.22 bits per heavy atom. The average Bonchev–Trinajstić information content (AvgIpc) is 3.31. The summed E-state index contributed by atoms with van der Waals surface area (Å²) < 4.78 is 17.3. The number of carbonyl (C=O) groups is 3. The van der Waals surface area contributed by atoms with E-state index in [1.807, 2.05) is 0 Å². The second-order valence-electron chi connectivity index (χ2n) is 20.1. The van der Waals surface area contributed by atoms with Crippen LogP contribution in [0.25, 0.3) is 0 Å². The quantitative estimate of drug-likeness (QED) is 0.0259. The third-order valence-electron chi connectivity index (χ3n) is 12.6. The number of nitrogens with zero attached hydrogens (tertiary/aromatic N) is 1. The molecule has 398 valence electrons. The van der Waals surface area contributed by atoms with E-state index in [0.717, 1.165) is 83.5 Å². The van der Waals surface area contributed by atoms with Gasteiger partial charge in [-0.1, -0.05) is 215 Å². The Balaban J connectivity index is 4.22. The summed E-state index contributed by atoms with van der Waals surface area (Å²) in [5.41, 5.74) is 0. The molecule has 2 atom stereocenters. The Morgan fingerprint density at radius 2 is 0.812 bits per heavy atom. The van der Waals surface area contributed by atoms with E-state index in [0.29, 0.717) is 12.8 Å². The van der Waals surface area contributed by atoms with E-state index in [2.05, 4.69) is 86.8 Å². The van der Waals surface area contributed by atoms with Gasteiger partial charge in [0.25, 0.3) is 0 Å². The fourth-order valence-corrected chi connectivity index (χ4v) is 8.21. The van der Waals surface area contributed by atoms with Crippen molar-refractivity contribution >= 4 is 17.9 Å². The molecule has 8 heteroatoms. The summed E-state index contributed by atoms with van der Waals surface area (Å²) in [6.45, 7) is 4.56. The predicted octanol–water partition coefficient (Wildman–Crippen LogP) is 15.7. The Hall–Kier alpha value is -3.23. The molecule has 0 aromatic rings. The van der Waals surface area contributed by atoms with Crippen molar-refractivity contribution in [2.45, 2.75) is 257 Å². The monoisotopic (exact) mass is 966 g/mol. The molecule has 0 aromatic carbocycles. The highest BCUT2D eigenvalue weighted by Gasteiger charge is 2.25. The van der Waals surface area contributed by atoms with Crippen molar-refractivity contribution < 1.29 is 38.2 Å². The summed E-state index contributed by atoms with van der Waals surface area (Å²) in [5.74, 6) is -1.75. The lowest BCUT2D eigenvalue weighted by atomic mass is 10.0. The molecule has 69 heavy (non-hydrogen) atoms. The maximum absolute atomic E-state index is 12.8. The molecule has 0 rings (SSSR count). The molecule has 0 heterocycles. The Labute approximate surface area is 425 Å². The third-order valence-corrected chi connectivity index (χ3v) is 12.6. The zero-order valence-electron chi connectivity index (χ0n) is 45.5. The van der Waals surface area contributed by atoms with Crippen LogP contribution >= 0.6 is 0 Å². The molecule has 0 aromatic heterocycles. The third kappa shape index (κ3) is 49.5. The van der Waals surface area contributed by atoms with Crippen LogP contribution < -0.4 is 5.11 Å². The molecule has 0 radical (unpaired) electrons. The summed E-state index contributed by atoms with van der Waals surface area (Å²) in [4.78, 5) is 37.2. The molecule has 0 aliphatic rings. The summed E-state index contributed by atoms with van der Waals surface area (Å²) >= 11 is 0. The second kappa shape index (κ2) is 51.1. The number of hydrogen-bond acceptors (Lipinski definition) is 7. The van der Waals surface area contributed by atoms with Crippen molar-refractivity contribution in [1.82, 2.24) is 0 Å². The molecule has 0 aliphatic heterocycles. The molecule has 0 N–H and O–H groups in total. The highest BCUT2D eigenvalue weighted by Crippen LogP contribution is 2.15. The first kappa shape index (κ1) is 65.8. The predicted molar refractivity (Wildman–Crippen MR) is 291 cm³/mol. The van der Waals surface area contributed by atoms with E-state index in [-0.39, 0.29) is 42.7 Å².